The smallest absolute Gasteiger partial charge is 0.268 e. The number of nitrogens with zero attached hydrogens (tertiary/aromatic N) is 2. The molecule has 5 heteroatoms. The fourth-order valence-electron chi connectivity index (χ4n) is 6.51. The van der Waals surface area contributed by atoms with Gasteiger partial charge in [-0.15, -0.1) is 0 Å². The minimum absolute atomic E-state index is 0.243. The summed E-state index contributed by atoms with van der Waals surface area (Å²) < 4.78 is 10.5. The first-order valence-electron chi connectivity index (χ1n) is 10.3. The number of hydrogen-bond acceptors (Lipinski definition) is 4. The van der Waals surface area contributed by atoms with Gasteiger partial charge in [0.25, 0.3) is 5.91 Å². The van der Waals surface area contributed by atoms with Crippen LogP contribution in [-0.2, 0) is 9.53 Å². The van der Waals surface area contributed by atoms with Crippen molar-refractivity contribution in [1.29, 1.82) is 0 Å². The number of hydrogen-bond donors (Lipinski definition) is 0. The number of hydrazine groups is 1. The van der Waals surface area contributed by atoms with Gasteiger partial charge in [0.2, 0.25) is 0 Å². The average molecular weight is 370 g/mol. The Balaban J connectivity index is 1.41. The lowest BCUT2D eigenvalue weighted by Crippen LogP contribution is -2.80. The van der Waals surface area contributed by atoms with Gasteiger partial charge < -0.3 is 9.47 Å². The molecule has 5 fully saturated rings. The van der Waals surface area contributed by atoms with Crippen LogP contribution in [0.4, 0.5) is 5.69 Å². The van der Waals surface area contributed by atoms with Crippen LogP contribution in [0.15, 0.2) is 24.3 Å². The third kappa shape index (κ3) is 2.58. The summed E-state index contributed by atoms with van der Waals surface area (Å²) in [5, 5.41) is 4.36. The van der Waals surface area contributed by atoms with Gasteiger partial charge in [0.05, 0.1) is 11.7 Å². The summed E-state index contributed by atoms with van der Waals surface area (Å²) >= 11 is 0. The first kappa shape index (κ1) is 17.4. The molecule has 6 rings (SSSR count). The second-order valence-electron chi connectivity index (χ2n) is 9.49. The van der Waals surface area contributed by atoms with E-state index in [1.165, 1.54) is 32.1 Å². The lowest BCUT2D eigenvalue weighted by atomic mass is 9.53. The number of carbonyl (C=O) groups excluding carboxylic acids is 1. The van der Waals surface area contributed by atoms with E-state index >= 15 is 0 Å². The number of rotatable bonds is 5. The fourth-order valence-corrected chi connectivity index (χ4v) is 6.51. The summed E-state index contributed by atoms with van der Waals surface area (Å²) in [6, 6.07) is 8.43. The quantitative estimate of drug-likeness (QED) is 0.739. The molecule has 1 aromatic carbocycles. The maximum atomic E-state index is 13.1. The Labute approximate surface area is 161 Å². The van der Waals surface area contributed by atoms with E-state index in [2.05, 4.69) is 22.2 Å². The van der Waals surface area contributed by atoms with Crippen molar-refractivity contribution in [3.05, 3.63) is 24.3 Å². The highest BCUT2D eigenvalue weighted by Crippen LogP contribution is 2.57. The molecule has 4 aliphatic carbocycles. The Kier molecular flexibility index (Phi) is 3.94. The number of carbonyl (C=O) groups is 1. The van der Waals surface area contributed by atoms with E-state index in [1.54, 1.807) is 7.11 Å². The molecule has 0 atom stereocenters. The molecule has 0 unspecified atom stereocenters. The van der Waals surface area contributed by atoms with Crippen LogP contribution >= 0.6 is 0 Å². The normalized spacial score (nSPS) is 36.1. The van der Waals surface area contributed by atoms with Crippen molar-refractivity contribution in [3.8, 4) is 5.75 Å². The van der Waals surface area contributed by atoms with Crippen LogP contribution in [0.2, 0.25) is 0 Å². The Morgan fingerprint density at radius 1 is 1.00 bits per heavy atom. The molecule has 27 heavy (non-hydrogen) atoms. The van der Waals surface area contributed by atoms with Gasteiger partial charge >= 0.3 is 0 Å². The minimum Gasteiger partial charge on any atom is -0.468 e. The van der Waals surface area contributed by atoms with Crippen molar-refractivity contribution in [1.82, 2.24) is 5.01 Å². The van der Waals surface area contributed by atoms with E-state index in [1.807, 2.05) is 26.0 Å². The minimum atomic E-state index is -0.483. The van der Waals surface area contributed by atoms with Gasteiger partial charge in [0.15, 0.2) is 6.79 Å². The molecule has 1 aliphatic heterocycles. The van der Waals surface area contributed by atoms with E-state index in [4.69, 9.17) is 9.47 Å². The molecule has 0 aromatic heterocycles. The zero-order chi connectivity index (χ0) is 18.8. The van der Waals surface area contributed by atoms with E-state index in [0.717, 1.165) is 23.3 Å². The number of methoxy groups -OCH3 is 1. The van der Waals surface area contributed by atoms with Crippen LogP contribution in [0.5, 0.6) is 5.75 Å². The largest absolute Gasteiger partial charge is 0.468 e. The van der Waals surface area contributed by atoms with Crippen molar-refractivity contribution in [3.63, 3.8) is 0 Å². The fraction of sp³-hybridized carbons (Fsp3) is 0.682. The molecular weight excluding hydrogens is 340 g/mol. The number of ether oxygens (including phenoxy) is 2. The molecule has 1 aromatic rings. The molecule has 1 amide bonds. The summed E-state index contributed by atoms with van der Waals surface area (Å²) in [5.74, 6) is 4.27. The van der Waals surface area contributed by atoms with Crippen molar-refractivity contribution >= 4 is 11.6 Å². The topological polar surface area (TPSA) is 42.0 Å². The van der Waals surface area contributed by atoms with Crippen molar-refractivity contribution in [2.75, 3.05) is 18.9 Å². The Hall–Kier alpha value is -1.75. The average Bonchev–Trinajstić information content (AvgIpc) is 2.65. The van der Waals surface area contributed by atoms with Gasteiger partial charge in [0, 0.05) is 7.11 Å². The predicted molar refractivity (Wildman–Crippen MR) is 103 cm³/mol. The summed E-state index contributed by atoms with van der Waals surface area (Å²) in [6.45, 7) is 4.32. The Bertz CT molecular complexity index is 702. The van der Waals surface area contributed by atoms with Gasteiger partial charge in [-0.05, 0) is 93.9 Å². The highest BCUT2D eigenvalue weighted by atomic mass is 16.7. The maximum Gasteiger partial charge on any atom is 0.268 e. The van der Waals surface area contributed by atoms with E-state index < -0.39 is 5.54 Å². The zero-order valence-electron chi connectivity index (χ0n) is 16.6. The van der Waals surface area contributed by atoms with Crippen molar-refractivity contribution in [2.45, 2.75) is 57.5 Å². The van der Waals surface area contributed by atoms with Gasteiger partial charge in [0.1, 0.15) is 11.3 Å². The standard InChI is InChI=1S/C22H30N2O3/c1-22(2)21(25)23(20-16-9-14-8-15(11-16)12-17(20)10-14)24(22)18-4-6-19(7-5-18)27-13-26-3/h4-7,14-17,20H,8-13H2,1-3H3. The Morgan fingerprint density at radius 2 is 1.59 bits per heavy atom. The molecule has 0 N–H and O–H groups in total. The number of amides is 1. The first-order valence-corrected chi connectivity index (χ1v) is 10.3. The highest BCUT2D eigenvalue weighted by Gasteiger charge is 2.61. The first-order chi connectivity index (χ1) is 13.0. The SMILES string of the molecule is COCOc1ccc(N2N(C3C4CC5CC(C4)CC3C5)C(=O)C2(C)C)cc1. The van der Waals surface area contributed by atoms with Gasteiger partial charge in [-0.1, -0.05) is 0 Å². The summed E-state index contributed by atoms with van der Waals surface area (Å²) in [4.78, 5) is 13.1. The van der Waals surface area contributed by atoms with Crippen molar-refractivity contribution in [2.24, 2.45) is 23.7 Å². The highest BCUT2D eigenvalue weighted by molar-refractivity contribution is 5.98. The number of benzene rings is 1. The van der Waals surface area contributed by atoms with Gasteiger partial charge in [-0.25, -0.2) is 5.01 Å². The van der Waals surface area contributed by atoms with Crippen LogP contribution in [0.1, 0.15) is 46.0 Å². The van der Waals surface area contributed by atoms with Crippen LogP contribution in [0.3, 0.4) is 0 Å². The molecular formula is C22H30N2O3. The van der Waals surface area contributed by atoms with Crippen molar-refractivity contribution < 1.29 is 14.3 Å². The zero-order valence-corrected chi connectivity index (χ0v) is 16.6. The van der Waals surface area contributed by atoms with Gasteiger partial charge in [-0.3, -0.25) is 9.80 Å². The molecule has 146 valence electrons. The molecule has 5 nitrogen and oxygen atoms in total. The summed E-state index contributed by atoms with van der Waals surface area (Å²) in [7, 11) is 1.62. The third-order valence-electron chi connectivity index (χ3n) is 7.36. The molecule has 1 saturated heterocycles. The molecule has 1 heterocycles. The van der Waals surface area contributed by atoms with E-state index in [9.17, 15) is 4.79 Å². The molecule has 4 saturated carbocycles. The second kappa shape index (κ2) is 6.13. The monoisotopic (exact) mass is 370 g/mol. The lowest BCUT2D eigenvalue weighted by Gasteiger charge is -2.65. The predicted octanol–water partition coefficient (Wildman–Crippen LogP) is 3.84. The van der Waals surface area contributed by atoms with Crippen LogP contribution in [0, 0.1) is 23.7 Å². The van der Waals surface area contributed by atoms with Crippen LogP contribution in [-0.4, -0.2) is 36.4 Å². The number of anilines is 1. The molecule has 5 aliphatic rings. The molecule has 0 radical (unpaired) electrons. The van der Waals surface area contributed by atoms with Gasteiger partial charge in [-0.2, -0.15) is 0 Å². The molecule has 4 bridgehead atoms. The lowest BCUT2D eigenvalue weighted by molar-refractivity contribution is -0.170. The van der Waals surface area contributed by atoms with Crippen LogP contribution in [0.25, 0.3) is 0 Å². The summed E-state index contributed by atoms with van der Waals surface area (Å²) in [5.41, 5.74) is 0.585. The van der Waals surface area contributed by atoms with E-state index in [-0.39, 0.29) is 12.7 Å². The maximum absolute atomic E-state index is 13.1. The van der Waals surface area contributed by atoms with E-state index in [0.29, 0.717) is 17.9 Å². The second-order valence-corrected chi connectivity index (χ2v) is 9.49. The van der Waals surface area contributed by atoms with Crippen LogP contribution < -0.4 is 9.75 Å². The molecule has 0 spiro atoms. The summed E-state index contributed by atoms with van der Waals surface area (Å²) in [6.07, 6.45) is 6.71. The Morgan fingerprint density at radius 3 is 2.15 bits per heavy atom. The third-order valence-corrected chi connectivity index (χ3v) is 7.36.